The Balaban J connectivity index is 1.91. The van der Waals surface area contributed by atoms with Crippen molar-refractivity contribution >= 4 is 0 Å². The summed E-state index contributed by atoms with van der Waals surface area (Å²) >= 11 is 0. The van der Waals surface area contributed by atoms with E-state index in [2.05, 4.69) is 31.1 Å². The molecule has 0 radical (unpaired) electrons. The molecule has 1 aliphatic rings. The molecule has 1 saturated heterocycles. The van der Waals surface area contributed by atoms with E-state index in [9.17, 15) is 0 Å². The van der Waals surface area contributed by atoms with Crippen LogP contribution < -0.4 is 5.32 Å². The lowest BCUT2D eigenvalue weighted by Crippen LogP contribution is -2.35. The number of rotatable bonds is 9. The number of nitrogens with zero attached hydrogens (tertiary/aromatic N) is 1. The van der Waals surface area contributed by atoms with Crippen LogP contribution in [-0.4, -0.2) is 51.3 Å². The minimum absolute atomic E-state index is 0.754. The quantitative estimate of drug-likeness (QED) is 0.641. The second kappa shape index (κ2) is 9.76. The molecule has 1 aliphatic heterocycles. The first-order chi connectivity index (χ1) is 8.68. The Labute approximate surface area is 113 Å². The Bertz CT molecular complexity index is 191. The molecule has 1 N–H and O–H groups in total. The van der Waals surface area contributed by atoms with E-state index in [1.54, 1.807) is 0 Å². The molecule has 1 atom stereocenters. The van der Waals surface area contributed by atoms with E-state index in [-0.39, 0.29) is 0 Å². The summed E-state index contributed by atoms with van der Waals surface area (Å²) in [5.41, 5.74) is 0. The monoisotopic (exact) mass is 256 g/mol. The van der Waals surface area contributed by atoms with Gasteiger partial charge in [-0.25, -0.2) is 0 Å². The standard InChI is InChI=1S/C15H32N2O/c1-14(2)6-4-8-16-9-10-17(3)12-15-7-5-11-18-13-15/h14-16H,4-13H2,1-3H3. The molecule has 18 heavy (non-hydrogen) atoms. The molecule has 0 bridgehead atoms. The number of nitrogens with one attached hydrogen (secondary N) is 1. The third-order valence-electron chi connectivity index (χ3n) is 3.63. The van der Waals surface area contributed by atoms with Gasteiger partial charge in [-0.15, -0.1) is 0 Å². The molecule has 1 heterocycles. The zero-order valence-corrected chi connectivity index (χ0v) is 12.6. The average molecular weight is 256 g/mol. The molecule has 0 aliphatic carbocycles. The Morgan fingerprint density at radius 1 is 1.33 bits per heavy atom. The van der Waals surface area contributed by atoms with E-state index >= 15 is 0 Å². The van der Waals surface area contributed by atoms with Gasteiger partial charge in [0, 0.05) is 26.2 Å². The third kappa shape index (κ3) is 8.06. The molecule has 108 valence electrons. The maximum absolute atomic E-state index is 5.52. The van der Waals surface area contributed by atoms with E-state index < -0.39 is 0 Å². The smallest absolute Gasteiger partial charge is 0.0506 e. The van der Waals surface area contributed by atoms with Crippen molar-refractivity contribution in [3.8, 4) is 0 Å². The lowest BCUT2D eigenvalue weighted by molar-refractivity contribution is 0.0422. The van der Waals surface area contributed by atoms with E-state index in [0.29, 0.717) is 0 Å². The zero-order chi connectivity index (χ0) is 13.2. The van der Waals surface area contributed by atoms with Crippen LogP contribution in [0.1, 0.15) is 39.5 Å². The highest BCUT2D eigenvalue weighted by molar-refractivity contribution is 4.67. The Morgan fingerprint density at radius 3 is 2.83 bits per heavy atom. The maximum Gasteiger partial charge on any atom is 0.0506 e. The highest BCUT2D eigenvalue weighted by Gasteiger charge is 2.15. The van der Waals surface area contributed by atoms with Crippen LogP contribution in [0.3, 0.4) is 0 Å². The van der Waals surface area contributed by atoms with Crippen LogP contribution >= 0.6 is 0 Å². The van der Waals surface area contributed by atoms with Crippen LogP contribution in [-0.2, 0) is 4.74 Å². The predicted molar refractivity (Wildman–Crippen MR) is 78.0 cm³/mol. The topological polar surface area (TPSA) is 24.5 Å². The third-order valence-corrected chi connectivity index (χ3v) is 3.63. The van der Waals surface area contributed by atoms with Crippen molar-refractivity contribution in [2.24, 2.45) is 11.8 Å². The molecule has 1 unspecified atom stereocenters. The van der Waals surface area contributed by atoms with Crippen LogP contribution in [0, 0.1) is 11.8 Å². The van der Waals surface area contributed by atoms with Crippen LogP contribution in [0.4, 0.5) is 0 Å². The fourth-order valence-electron chi connectivity index (χ4n) is 2.51. The largest absolute Gasteiger partial charge is 0.381 e. The summed E-state index contributed by atoms with van der Waals surface area (Å²) in [5, 5.41) is 3.54. The molecule has 0 aromatic rings. The van der Waals surface area contributed by atoms with Crippen molar-refractivity contribution < 1.29 is 4.74 Å². The molecule has 3 nitrogen and oxygen atoms in total. The van der Waals surface area contributed by atoms with Crippen LogP contribution in [0.25, 0.3) is 0 Å². The summed E-state index contributed by atoms with van der Waals surface area (Å²) in [4.78, 5) is 2.44. The fourth-order valence-corrected chi connectivity index (χ4v) is 2.51. The summed E-state index contributed by atoms with van der Waals surface area (Å²) < 4.78 is 5.52. The summed E-state index contributed by atoms with van der Waals surface area (Å²) in [6.07, 6.45) is 5.22. The summed E-state index contributed by atoms with van der Waals surface area (Å²) in [5.74, 6) is 1.59. The van der Waals surface area contributed by atoms with Crippen molar-refractivity contribution in [1.29, 1.82) is 0 Å². The first kappa shape index (κ1) is 15.9. The van der Waals surface area contributed by atoms with Crippen molar-refractivity contribution in [2.75, 3.05) is 46.4 Å². The van der Waals surface area contributed by atoms with Crippen LogP contribution in [0.2, 0.25) is 0 Å². The molecule has 1 rings (SSSR count). The lowest BCUT2D eigenvalue weighted by Gasteiger charge is -2.27. The molecule has 1 fully saturated rings. The lowest BCUT2D eigenvalue weighted by atomic mass is 10.0. The number of likely N-dealkylation sites (N-methyl/N-ethyl adjacent to an activating group) is 1. The maximum atomic E-state index is 5.52. The van der Waals surface area contributed by atoms with Gasteiger partial charge in [-0.1, -0.05) is 13.8 Å². The summed E-state index contributed by atoms with van der Waals surface area (Å²) in [6.45, 7) is 11.1. The highest BCUT2D eigenvalue weighted by atomic mass is 16.5. The Hall–Kier alpha value is -0.120. The summed E-state index contributed by atoms with van der Waals surface area (Å²) in [7, 11) is 2.23. The fraction of sp³-hybridized carbons (Fsp3) is 1.00. The van der Waals surface area contributed by atoms with E-state index in [1.807, 2.05) is 0 Å². The minimum Gasteiger partial charge on any atom is -0.381 e. The molecular weight excluding hydrogens is 224 g/mol. The van der Waals surface area contributed by atoms with Gasteiger partial charge in [0.25, 0.3) is 0 Å². The van der Waals surface area contributed by atoms with Gasteiger partial charge >= 0.3 is 0 Å². The zero-order valence-electron chi connectivity index (χ0n) is 12.6. The van der Waals surface area contributed by atoms with Crippen molar-refractivity contribution in [1.82, 2.24) is 10.2 Å². The SMILES string of the molecule is CC(C)CCCNCCN(C)CC1CCCOC1. The van der Waals surface area contributed by atoms with Gasteiger partial charge in [-0.2, -0.15) is 0 Å². The van der Waals surface area contributed by atoms with Gasteiger partial charge in [0.05, 0.1) is 6.61 Å². The second-order valence-corrected chi connectivity index (χ2v) is 6.13. The predicted octanol–water partition coefficient (Wildman–Crippen LogP) is 2.37. The minimum atomic E-state index is 0.754. The van der Waals surface area contributed by atoms with Gasteiger partial charge in [0.2, 0.25) is 0 Å². The highest BCUT2D eigenvalue weighted by Crippen LogP contribution is 2.13. The van der Waals surface area contributed by atoms with E-state index in [0.717, 1.165) is 38.1 Å². The van der Waals surface area contributed by atoms with Crippen molar-refractivity contribution in [3.05, 3.63) is 0 Å². The van der Waals surface area contributed by atoms with Crippen LogP contribution in [0.5, 0.6) is 0 Å². The van der Waals surface area contributed by atoms with Crippen molar-refractivity contribution in [3.63, 3.8) is 0 Å². The molecular formula is C15H32N2O. The molecule has 3 heteroatoms. The molecule has 0 amide bonds. The van der Waals surface area contributed by atoms with Gasteiger partial charge in [-0.3, -0.25) is 0 Å². The van der Waals surface area contributed by atoms with Crippen LogP contribution in [0.15, 0.2) is 0 Å². The average Bonchev–Trinajstić information content (AvgIpc) is 2.34. The number of hydrogen-bond donors (Lipinski definition) is 1. The van der Waals surface area contributed by atoms with Gasteiger partial charge in [-0.05, 0) is 51.1 Å². The number of hydrogen-bond acceptors (Lipinski definition) is 3. The van der Waals surface area contributed by atoms with Gasteiger partial charge < -0.3 is 15.0 Å². The van der Waals surface area contributed by atoms with Crippen molar-refractivity contribution in [2.45, 2.75) is 39.5 Å². The van der Waals surface area contributed by atoms with Gasteiger partial charge in [0.15, 0.2) is 0 Å². The van der Waals surface area contributed by atoms with E-state index in [1.165, 1.54) is 38.8 Å². The number of ether oxygens (including phenoxy) is 1. The van der Waals surface area contributed by atoms with Gasteiger partial charge in [0.1, 0.15) is 0 Å². The first-order valence-electron chi connectivity index (χ1n) is 7.65. The molecule has 0 spiro atoms. The summed E-state index contributed by atoms with van der Waals surface area (Å²) in [6, 6.07) is 0. The molecule has 0 aromatic carbocycles. The Kier molecular flexibility index (Phi) is 8.64. The molecule has 0 aromatic heterocycles. The normalized spacial score (nSPS) is 20.8. The first-order valence-corrected chi connectivity index (χ1v) is 7.65. The Morgan fingerprint density at radius 2 is 2.17 bits per heavy atom. The van der Waals surface area contributed by atoms with E-state index in [4.69, 9.17) is 4.74 Å². The molecule has 0 saturated carbocycles. The second-order valence-electron chi connectivity index (χ2n) is 6.13.